The molecule has 1 aliphatic heterocycles. The van der Waals surface area contributed by atoms with Gasteiger partial charge in [-0.3, -0.25) is 0 Å². The molecule has 5 atom stereocenters. The van der Waals surface area contributed by atoms with Crippen LogP contribution < -0.4 is 0 Å². The summed E-state index contributed by atoms with van der Waals surface area (Å²) in [5, 5.41) is 37.4. The van der Waals surface area contributed by atoms with Crippen molar-refractivity contribution in [1.82, 2.24) is 0 Å². The summed E-state index contributed by atoms with van der Waals surface area (Å²) in [6.07, 6.45) is -4.74. The fourth-order valence-corrected chi connectivity index (χ4v) is 1.57. The fourth-order valence-electron chi connectivity index (χ4n) is 1.57. The molecule has 0 radical (unpaired) electrons. The van der Waals surface area contributed by atoms with E-state index in [0.717, 1.165) is 6.29 Å². The summed E-state index contributed by atoms with van der Waals surface area (Å²) in [6, 6.07) is 0. The molecule has 17 heavy (non-hydrogen) atoms. The number of aldehydes is 1. The average Bonchev–Trinajstić information content (AvgIpc) is 2.34. The van der Waals surface area contributed by atoms with Crippen molar-refractivity contribution in [2.75, 3.05) is 13.2 Å². The first-order chi connectivity index (χ1) is 8.11. The molecule has 1 heterocycles. The molecule has 7 heteroatoms. The molecule has 1 rings (SSSR count). The van der Waals surface area contributed by atoms with E-state index < -0.39 is 37.3 Å². The van der Waals surface area contributed by atoms with Crippen LogP contribution in [-0.2, 0) is 14.3 Å². The van der Waals surface area contributed by atoms with Gasteiger partial charge in [0.2, 0.25) is 0 Å². The third kappa shape index (κ3) is 3.70. The third-order valence-corrected chi connectivity index (χ3v) is 2.60. The van der Waals surface area contributed by atoms with Gasteiger partial charge >= 0.3 is 0 Å². The predicted molar refractivity (Wildman–Crippen MR) is 55.0 cm³/mol. The number of rotatable bonds is 6. The number of ether oxygens (including phenoxy) is 2. The van der Waals surface area contributed by atoms with Gasteiger partial charge in [-0.15, -0.1) is 0 Å². The van der Waals surface area contributed by atoms with Crippen molar-refractivity contribution < 1.29 is 34.7 Å². The molecule has 1 fully saturated rings. The highest BCUT2D eigenvalue weighted by Gasteiger charge is 2.43. The number of aliphatic hydroxyl groups is 4. The molecule has 0 aromatic carbocycles. The monoisotopic (exact) mass is 250 g/mol. The molecular weight excluding hydrogens is 232 g/mol. The van der Waals surface area contributed by atoms with Gasteiger partial charge in [0.1, 0.15) is 30.7 Å². The predicted octanol–water partition coefficient (Wildman–Crippen LogP) is -2.22. The summed E-state index contributed by atoms with van der Waals surface area (Å²) >= 11 is 0. The summed E-state index contributed by atoms with van der Waals surface area (Å²) in [4.78, 5) is 10.1. The van der Waals surface area contributed by atoms with Gasteiger partial charge in [-0.1, -0.05) is 0 Å². The van der Waals surface area contributed by atoms with Gasteiger partial charge in [-0.05, 0) is 6.42 Å². The largest absolute Gasteiger partial charge is 0.394 e. The van der Waals surface area contributed by atoms with E-state index in [1.165, 1.54) is 0 Å². The van der Waals surface area contributed by atoms with Crippen molar-refractivity contribution in [2.24, 2.45) is 0 Å². The molecule has 0 aromatic heterocycles. The van der Waals surface area contributed by atoms with E-state index in [1.54, 1.807) is 0 Å². The maximum atomic E-state index is 10.1. The Morgan fingerprint density at radius 1 is 1.18 bits per heavy atom. The van der Waals surface area contributed by atoms with Gasteiger partial charge in [0.05, 0.1) is 13.2 Å². The summed E-state index contributed by atoms with van der Waals surface area (Å²) < 4.78 is 10.2. The second-order valence-corrected chi connectivity index (χ2v) is 3.88. The van der Waals surface area contributed by atoms with Crippen molar-refractivity contribution in [3.63, 3.8) is 0 Å². The van der Waals surface area contributed by atoms with Gasteiger partial charge in [0.25, 0.3) is 0 Å². The first-order valence-electron chi connectivity index (χ1n) is 5.47. The van der Waals surface area contributed by atoms with Crippen molar-refractivity contribution in [1.29, 1.82) is 0 Å². The molecule has 1 saturated heterocycles. The minimum Gasteiger partial charge on any atom is -0.394 e. The number of hydrogen-bond donors (Lipinski definition) is 4. The maximum Gasteiger partial charge on any atom is 0.186 e. The minimum absolute atomic E-state index is 0.182. The molecule has 1 aliphatic rings. The summed E-state index contributed by atoms with van der Waals surface area (Å²) in [6.45, 7) is -0.305. The zero-order valence-corrected chi connectivity index (χ0v) is 9.31. The Hall–Kier alpha value is -0.570. The van der Waals surface area contributed by atoms with Gasteiger partial charge in [-0.2, -0.15) is 0 Å². The molecule has 0 unspecified atom stereocenters. The molecule has 100 valence electrons. The highest BCUT2D eigenvalue weighted by atomic mass is 16.7. The van der Waals surface area contributed by atoms with Crippen LogP contribution in [0.4, 0.5) is 0 Å². The zero-order chi connectivity index (χ0) is 12.8. The topological polar surface area (TPSA) is 116 Å². The van der Waals surface area contributed by atoms with E-state index in [9.17, 15) is 20.1 Å². The zero-order valence-electron chi connectivity index (χ0n) is 9.31. The number of aliphatic hydroxyl groups excluding tert-OH is 4. The second kappa shape index (κ2) is 7.00. The Balaban J connectivity index is 2.44. The molecule has 7 nitrogen and oxygen atoms in total. The van der Waals surface area contributed by atoms with Crippen LogP contribution in [0.3, 0.4) is 0 Å². The molecular formula is C10H18O7. The highest BCUT2D eigenvalue weighted by molar-refractivity contribution is 5.48. The van der Waals surface area contributed by atoms with Crippen LogP contribution in [0.25, 0.3) is 0 Å². The smallest absolute Gasteiger partial charge is 0.186 e. The molecule has 4 N–H and O–H groups in total. The molecule has 0 aromatic rings. The van der Waals surface area contributed by atoms with E-state index in [2.05, 4.69) is 0 Å². The first-order valence-corrected chi connectivity index (χ1v) is 5.47. The van der Waals surface area contributed by atoms with Gasteiger partial charge in [-0.25, -0.2) is 0 Å². The summed E-state index contributed by atoms with van der Waals surface area (Å²) in [7, 11) is 0. The lowest BCUT2D eigenvalue weighted by Crippen LogP contribution is -2.59. The number of hydrogen-bond acceptors (Lipinski definition) is 7. The molecule has 0 saturated carbocycles. The molecule has 0 bridgehead atoms. The number of carbonyl (C=O) groups is 1. The Labute approximate surface area is 98.6 Å². The Morgan fingerprint density at radius 2 is 1.88 bits per heavy atom. The first kappa shape index (κ1) is 14.5. The molecule has 0 spiro atoms. The van der Waals surface area contributed by atoms with Crippen LogP contribution in [0.2, 0.25) is 0 Å². The van der Waals surface area contributed by atoms with Crippen LogP contribution in [0, 0.1) is 0 Å². The normalized spacial score (nSPS) is 38.0. The molecule has 0 amide bonds. The van der Waals surface area contributed by atoms with Crippen molar-refractivity contribution in [2.45, 2.75) is 43.5 Å². The number of carbonyl (C=O) groups excluding carboxylic acids is 1. The fraction of sp³-hybridized carbons (Fsp3) is 0.900. The summed E-state index contributed by atoms with van der Waals surface area (Å²) in [5.41, 5.74) is 0. The van der Waals surface area contributed by atoms with E-state index in [4.69, 9.17) is 14.6 Å². The van der Waals surface area contributed by atoms with Crippen LogP contribution >= 0.6 is 0 Å². The van der Waals surface area contributed by atoms with E-state index in [0.29, 0.717) is 12.8 Å². The van der Waals surface area contributed by atoms with Gasteiger partial charge in [0, 0.05) is 6.42 Å². The Bertz CT molecular complexity index is 233. The summed E-state index contributed by atoms with van der Waals surface area (Å²) in [5.74, 6) is 0. The van der Waals surface area contributed by atoms with Crippen LogP contribution in [0.15, 0.2) is 0 Å². The highest BCUT2D eigenvalue weighted by Crippen LogP contribution is 2.21. The van der Waals surface area contributed by atoms with Crippen LogP contribution in [0.1, 0.15) is 12.8 Å². The quantitative estimate of drug-likeness (QED) is 0.312. The van der Waals surface area contributed by atoms with E-state index in [1.807, 2.05) is 0 Å². The van der Waals surface area contributed by atoms with E-state index >= 15 is 0 Å². The average molecular weight is 250 g/mol. The third-order valence-electron chi connectivity index (χ3n) is 2.60. The second-order valence-electron chi connectivity index (χ2n) is 3.88. The standard InChI is InChI=1S/C10H18O7/c11-3-1-2-4-16-10-9(15)8(14)7(13)6(5-12)17-10/h3,6-10,12-15H,1-2,4-5H2/t6-,7-,8+,9-,10-/m1/s1. The maximum absolute atomic E-state index is 10.1. The van der Waals surface area contributed by atoms with Gasteiger partial charge in [0.15, 0.2) is 6.29 Å². The van der Waals surface area contributed by atoms with Gasteiger partial charge < -0.3 is 34.7 Å². The Morgan fingerprint density at radius 3 is 2.47 bits per heavy atom. The Kier molecular flexibility index (Phi) is 5.96. The lowest BCUT2D eigenvalue weighted by molar-refractivity contribution is -0.301. The minimum atomic E-state index is -1.43. The molecule has 0 aliphatic carbocycles. The number of unbranched alkanes of at least 4 members (excludes halogenated alkanes) is 1. The van der Waals surface area contributed by atoms with E-state index in [-0.39, 0.29) is 6.61 Å². The van der Waals surface area contributed by atoms with Crippen molar-refractivity contribution in [3.8, 4) is 0 Å². The SMILES string of the molecule is O=CCCCO[C@@H]1O[C@H](CO)[C@@H](O)[C@H](O)[C@H]1O. The van der Waals surface area contributed by atoms with Crippen LogP contribution in [-0.4, -0.2) is 70.6 Å². The lowest BCUT2D eigenvalue weighted by atomic mass is 9.99. The lowest BCUT2D eigenvalue weighted by Gasteiger charge is -2.39. The van der Waals surface area contributed by atoms with Crippen LogP contribution in [0.5, 0.6) is 0 Å². The van der Waals surface area contributed by atoms with Crippen molar-refractivity contribution >= 4 is 6.29 Å². The van der Waals surface area contributed by atoms with Crippen molar-refractivity contribution in [3.05, 3.63) is 0 Å².